The third-order valence-corrected chi connectivity index (χ3v) is 4.78. The average molecular weight is 367 g/mol. The van der Waals surface area contributed by atoms with Crippen LogP contribution < -0.4 is 10.2 Å². The van der Waals surface area contributed by atoms with Gasteiger partial charge in [0.15, 0.2) is 0 Å². The molecule has 1 atom stereocenters. The summed E-state index contributed by atoms with van der Waals surface area (Å²) in [4.78, 5) is 28.1. The first-order chi connectivity index (χ1) is 12.6. The molecule has 0 bridgehead atoms. The molecule has 1 aromatic carbocycles. The summed E-state index contributed by atoms with van der Waals surface area (Å²) in [5.74, 6) is -2.98. The zero-order valence-corrected chi connectivity index (χ0v) is 14.5. The van der Waals surface area contributed by atoms with Crippen molar-refractivity contribution in [2.24, 2.45) is 5.92 Å². The molecule has 1 aromatic rings. The minimum atomic E-state index is -0.846. The van der Waals surface area contributed by atoms with Crippen molar-refractivity contribution in [3.8, 4) is 0 Å². The zero-order valence-electron chi connectivity index (χ0n) is 14.5. The summed E-state index contributed by atoms with van der Waals surface area (Å²) >= 11 is 0. The van der Waals surface area contributed by atoms with Crippen molar-refractivity contribution in [2.75, 3.05) is 50.8 Å². The van der Waals surface area contributed by atoms with Gasteiger partial charge in [-0.05, 0) is 31.5 Å². The molecule has 6 nitrogen and oxygen atoms in total. The van der Waals surface area contributed by atoms with Gasteiger partial charge in [0.1, 0.15) is 17.6 Å². The van der Waals surface area contributed by atoms with Crippen LogP contribution in [0.15, 0.2) is 18.2 Å². The van der Waals surface area contributed by atoms with Crippen LogP contribution in [0.25, 0.3) is 0 Å². The number of anilines is 1. The van der Waals surface area contributed by atoms with E-state index in [0.29, 0.717) is 13.0 Å². The smallest absolute Gasteiger partial charge is 0.239 e. The Labute approximate surface area is 151 Å². The third kappa shape index (κ3) is 4.37. The first kappa shape index (κ1) is 18.7. The number of carbonyl (C=O) groups is 2. The van der Waals surface area contributed by atoms with Crippen molar-refractivity contribution in [2.45, 2.75) is 12.8 Å². The summed E-state index contributed by atoms with van der Waals surface area (Å²) in [6, 6.07) is 2.96. The van der Waals surface area contributed by atoms with Crippen LogP contribution in [0.1, 0.15) is 12.8 Å². The number of nitrogens with one attached hydrogen (secondary N) is 1. The van der Waals surface area contributed by atoms with Gasteiger partial charge >= 0.3 is 0 Å². The number of halogens is 2. The van der Waals surface area contributed by atoms with Gasteiger partial charge in [-0.1, -0.05) is 0 Å². The number of hydrogen-bond donors (Lipinski definition) is 1. The van der Waals surface area contributed by atoms with Crippen molar-refractivity contribution < 1.29 is 23.1 Å². The molecule has 2 aliphatic heterocycles. The Morgan fingerprint density at radius 1 is 1.23 bits per heavy atom. The number of amides is 2. The Bertz CT molecular complexity index is 665. The molecule has 2 amide bonds. The highest BCUT2D eigenvalue weighted by atomic mass is 19.1. The lowest BCUT2D eigenvalue weighted by Gasteiger charge is -2.26. The van der Waals surface area contributed by atoms with Gasteiger partial charge in [-0.25, -0.2) is 8.78 Å². The van der Waals surface area contributed by atoms with Crippen LogP contribution in [0.2, 0.25) is 0 Å². The lowest BCUT2D eigenvalue weighted by Crippen LogP contribution is -2.40. The van der Waals surface area contributed by atoms with Gasteiger partial charge in [0.25, 0.3) is 0 Å². The second-order valence-electron chi connectivity index (χ2n) is 6.53. The number of ether oxygens (including phenoxy) is 1. The molecule has 26 heavy (non-hydrogen) atoms. The Hall–Kier alpha value is -2.06. The van der Waals surface area contributed by atoms with Crippen LogP contribution >= 0.6 is 0 Å². The van der Waals surface area contributed by atoms with Crippen molar-refractivity contribution in [1.82, 2.24) is 10.2 Å². The summed E-state index contributed by atoms with van der Waals surface area (Å²) in [6.45, 7) is 4.79. The summed E-state index contributed by atoms with van der Waals surface area (Å²) < 4.78 is 32.5. The predicted molar refractivity (Wildman–Crippen MR) is 91.7 cm³/mol. The minimum Gasteiger partial charge on any atom is -0.379 e. The predicted octanol–water partition coefficient (Wildman–Crippen LogP) is 1.16. The van der Waals surface area contributed by atoms with Gasteiger partial charge in [-0.2, -0.15) is 0 Å². The SMILES string of the molecule is O=C(NCCCN1CCOCC1)C1CCN(c2cc(F)ccc2F)C1=O. The highest BCUT2D eigenvalue weighted by Crippen LogP contribution is 2.28. The number of morpholine rings is 1. The van der Waals surface area contributed by atoms with E-state index in [1.54, 1.807) is 0 Å². The number of rotatable bonds is 6. The highest BCUT2D eigenvalue weighted by molar-refractivity contribution is 6.09. The molecular weight excluding hydrogens is 344 g/mol. The molecule has 1 N–H and O–H groups in total. The van der Waals surface area contributed by atoms with Gasteiger partial charge < -0.3 is 15.0 Å². The number of nitrogens with zero attached hydrogens (tertiary/aromatic N) is 2. The fourth-order valence-electron chi connectivity index (χ4n) is 3.32. The van der Waals surface area contributed by atoms with Gasteiger partial charge in [-0.15, -0.1) is 0 Å². The highest BCUT2D eigenvalue weighted by Gasteiger charge is 2.38. The van der Waals surface area contributed by atoms with Crippen LogP contribution in [0.4, 0.5) is 14.5 Å². The second kappa shape index (κ2) is 8.55. The van der Waals surface area contributed by atoms with E-state index < -0.39 is 23.5 Å². The fourth-order valence-corrected chi connectivity index (χ4v) is 3.32. The lowest BCUT2D eigenvalue weighted by atomic mass is 10.1. The van der Waals surface area contributed by atoms with Crippen LogP contribution in [-0.4, -0.2) is 62.7 Å². The normalized spacial score (nSPS) is 21.2. The lowest BCUT2D eigenvalue weighted by molar-refractivity contribution is -0.132. The molecule has 0 saturated carbocycles. The third-order valence-electron chi connectivity index (χ3n) is 4.78. The van der Waals surface area contributed by atoms with Crippen LogP contribution in [0, 0.1) is 17.6 Å². The van der Waals surface area contributed by atoms with Gasteiger partial charge in [0, 0.05) is 32.2 Å². The molecule has 0 aromatic heterocycles. The summed E-state index contributed by atoms with van der Waals surface area (Å²) in [5.41, 5.74) is -0.113. The van der Waals surface area contributed by atoms with E-state index in [-0.39, 0.29) is 18.1 Å². The summed E-state index contributed by atoms with van der Waals surface area (Å²) in [6.07, 6.45) is 1.08. The van der Waals surface area contributed by atoms with E-state index in [9.17, 15) is 18.4 Å². The van der Waals surface area contributed by atoms with Gasteiger partial charge in [0.05, 0.1) is 18.9 Å². The maximum Gasteiger partial charge on any atom is 0.239 e. The molecule has 0 spiro atoms. The number of carbonyl (C=O) groups excluding carboxylic acids is 2. The second-order valence-corrected chi connectivity index (χ2v) is 6.53. The molecule has 3 rings (SSSR count). The van der Waals surface area contributed by atoms with E-state index in [4.69, 9.17) is 4.74 Å². The Morgan fingerprint density at radius 3 is 2.77 bits per heavy atom. The van der Waals surface area contributed by atoms with Gasteiger partial charge in [-0.3, -0.25) is 14.5 Å². The van der Waals surface area contributed by atoms with Crippen molar-refractivity contribution in [3.63, 3.8) is 0 Å². The molecule has 1 unspecified atom stereocenters. The number of hydrogen-bond acceptors (Lipinski definition) is 4. The molecule has 2 fully saturated rings. The quantitative estimate of drug-likeness (QED) is 0.605. The summed E-state index contributed by atoms with van der Waals surface area (Å²) in [7, 11) is 0. The first-order valence-corrected chi connectivity index (χ1v) is 8.90. The van der Waals surface area contributed by atoms with Crippen molar-refractivity contribution in [3.05, 3.63) is 29.8 Å². The zero-order chi connectivity index (χ0) is 18.5. The topological polar surface area (TPSA) is 61.9 Å². The van der Waals surface area contributed by atoms with Crippen LogP contribution in [0.3, 0.4) is 0 Å². The van der Waals surface area contributed by atoms with Crippen molar-refractivity contribution >= 4 is 17.5 Å². The first-order valence-electron chi connectivity index (χ1n) is 8.90. The Morgan fingerprint density at radius 2 is 2.00 bits per heavy atom. The van der Waals surface area contributed by atoms with E-state index in [2.05, 4.69) is 10.2 Å². The Balaban J connectivity index is 1.48. The maximum atomic E-state index is 13.9. The Kier molecular flexibility index (Phi) is 6.16. The molecule has 8 heteroatoms. The molecular formula is C18H23F2N3O3. The van der Waals surface area contributed by atoms with Gasteiger partial charge in [0.2, 0.25) is 11.8 Å². The molecule has 2 saturated heterocycles. The van der Waals surface area contributed by atoms with Crippen LogP contribution in [0.5, 0.6) is 0 Å². The largest absolute Gasteiger partial charge is 0.379 e. The molecule has 142 valence electrons. The minimum absolute atomic E-state index is 0.113. The molecule has 2 aliphatic rings. The van der Waals surface area contributed by atoms with E-state index >= 15 is 0 Å². The maximum absolute atomic E-state index is 13.9. The van der Waals surface area contributed by atoms with Crippen molar-refractivity contribution in [1.29, 1.82) is 0 Å². The van der Waals surface area contributed by atoms with E-state index in [1.807, 2.05) is 0 Å². The summed E-state index contributed by atoms with van der Waals surface area (Å²) in [5, 5.41) is 2.78. The number of benzene rings is 1. The van der Waals surface area contributed by atoms with E-state index in [1.165, 1.54) is 0 Å². The molecule has 0 radical (unpaired) electrons. The fraction of sp³-hybridized carbons (Fsp3) is 0.556. The average Bonchev–Trinajstić information content (AvgIpc) is 3.03. The van der Waals surface area contributed by atoms with E-state index in [0.717, 1.165) is 62.4 Å². The van der Waals surface area contributed by atoms with Crippen LogP contribution in [-0.2, 0) is 14.3 Å². The molecule has 2 heterocycles. The molecule has 0 aliphatic carbocycles. The monoisotopic (exact) mass is 367 g/mol. The standard InChI is InChI=1S/C18H23F2N3O3/c19-13-2-3-15(20)16(12-13)23-7-4-14(18(23)25)17(24)21-5-1-6-22-8-10-26-11-9-22/h2-3,12,14H,1,4-11H2,(H,21,24).